The topological polar surface area (TPSA) is 77.6 Å². The van der Waals surface area contributed by atoms with Crippen molar-refractivity contribution in [3.05, 3.63) is 27.7 Å². The maximum atomic E-state index is 5.74. The van der Waals surface area contributed by atoms with Crippen LogP contribution in [0.5, 0.6) is 0 Å². The molecule has 0 aliphatic carbocycles. The fourth-order valence-corrected chi connectivity index (χ4v) is 2.24. The van der Waals surface area contributed by atoms with E-state index in [0.29, 0.717) is 12.2 Å². The van der Waals surface area contributed by atoms with Gasteiger partial charge in [-0.15, -0.1) is 11.3 Å². The van der Waals surface area contributed by atoms with Crippen molar-refractivity contribution in [2.75, 3.05) is 5.73 Å². The molecule has 2 N–H and O–H groups in total. The van der Waals surface area contributed by atoms with Crippen LogP contribution in [0.2, 0.25) is 0 Å². The second-order valence-corrected chi connectivity index (χ2v) is 6.19. The molecule has 0 aromatic carbocycles. The van der Waals surface area contributed by atoms with Gasteiger partial charge in [0.2, 0.25) is 5.95 Å². The van der Waals surface area contributed by atoms with E-state index in [1.165, 1.54) is 0 Å². The number of aromatic nitrogens is 4. The molecule has 6 heteroatoms. The third kappa shape index (κ3) is 3.01. The monoisotopic (exact) mass is 263 g/mol. The van der Waals surface area contributed by atoms with E-state index in [9.17, 15) is 0 Å². The van der Waals surface area contributed by atoms with Gasteiger partial charge in [0.1, 0.15) is 16.7 Å². The molecule has 0 bridgehead atoms. The number of nitrogens with zero attached hydrogens (tertiary/aromatic N) is 4. The number of nitrogen functional groups attached to an aromatic ring is 1. The molecule has 0 aliphatic rings. The molecule has 0 aliphatic heterocycles. The van der Waals surface area contributed by atoms with Gasteiger partial charge in [-0.25, -0.2) is 9.97 Å². The average molecular weight is 263 g/mol. The molecule has 18 heavy (non-hydrogen) atoms. The lowest BCUT2D eigenvalue weighted by Crippen LogP contribution is -2.19. The summed E-state index contributed by atoms with van der Waals surface area (Å²) in [5.41, 5.74) is 6.62. The highest BCUT2D eigenvalue weighted by molar-refractivity contribution is 7.09. The zero-order valence-electron chi connectivity index (χ0n) is 11.1. The van der Waals surface area contributed by atoms with Gasteiger partial charge in [0, 0.05) is 16.5 Å². The van der Waals surface area contributed by atoms with E-state index >= 15 is 0 Å². The highest BCUT2D eigenvalue weighted by Crippen LogP contribution is 2.19. The molecular formula is C12H17N5S. The van der Waals surface area contributed by atoms with Crippen molar-refractivity contribution in [3.63, 3.8) is 0 Å². The highest BCUT2D eigenvalue weighted by Gasteiger charge is 2.19. The van der Waals surface area contributed by atoms with E-state index in [1.807, 2.05) is 12.3 Å². The summed E-state index contributed by atoms with van der Waals surface area (Å²) in [4.78, 5) is 17.2. The van der Waals surface area contributed by atoms with Crippen molar-refractivity contribution < 1.29 is 0 Å². The Morgan fingerprint density at radius 1 is 1.17 bits per heavy atom. The molecule has 2 rings (SSSR count). The molecule has 5 nitrogen and oxygen atoms in total. The van der Waals surface area contributed by atoms with Crippen LogP contribution in [-0.2, 0) is 11.8 Å². The molecule has 2 aromatic rings. The van der Waals surface area contributed by atoms with Crippen molar-refractivity contribution in [2.45, 2.75) is 39.5 Å². The van der Waals surface area contributed by atoms with E-state index in [4.69, 9.17) is 5.73 Å². The largest absolute Gasteiger partial charge is 0.368 e. The molecule has 0 saturated heterocycles. The van der Waals surface area contributed by atoms with Gasteiger partial charge in [-0.3, -0.25) is 0 Å². The molecular weight excluding hydrogens is 246 g/mol. The van der Waals surface area contributed by atoms with Crippen LogP contribution in [0.15, 0.2) is 5.38 Å². The molecule has 0 atom stereocenters. The molecule has 0 amide bonds. The van der Waals surface area contributed by atoms with E-state index in [-0.39, 0.29) is 11.4 Å². The van der Waals surface area contributed by atoms with Crippen LogP contribution >= 0.6 is 11.3 Å². The second kappa shape index (κ2) is 4.61. The standard InChI is InChI=1S/C12H17N5S/c1-7-6-18-9(14-7)5-8-15-10(12(2,3)4)17-11(13)16-8/h6H,5H2,1-4H3,(H2,13,15,16,17). The molecule has 0 fully saturated rings. The molecule has 0 unspecified atom stereocenters. The summed E-state index contributed by atoms with van der Waals surface area (Å²) >= 11 is 1.61. The van der Waals surface area contributed by atoms with Gasteiger partial charge in [0.15, 0.2) is 0 Å². The minimum absolute atomic E-state index is 0.134. The Labute approximate surface area is 111 Å². The van der Waals surface area contributed by atoms with Crippen LogP contribution in [0.4, 0.5) is 5.95 Å². The average Bonchev–Trinajstić information content (AvgIpc) is 2.61. The first-order valence-corrected chi connectivity index (χ1v) is 6.64. The summed E-state index contributed by atoms with van der Waals surface area (Å²) in [5, 5.41) is 3.02. The quantitative estimate of drug-likeness (QED) is 0.897. The normalized spacial score (nSPS) is 11.8. The summed E-state index contributed by atoms with van der Waals surface area (Å²) in [7, 11) is 0. The van der Waals surface area contributed by atoms with Crippen molar-refractivity contribution >= 4 is 17.3 Å². The zero-order chi connectivity index (χ0) is 13.3. The van der Waals surface area contributed by atoms with Gasteiger partial charge in [0.05, 0.1) is 6.42 Å². The Hall–Kier alpha value is -1.56. The Morgan fingerprint density at radius 2 is 1.89 bits per heavy atom. The lowest BCUT2D eigenvalue weighted by atomic mass is 9.96. The number of thiazole rings is 1. The van der Waals surface area contributed by atoms with E-state index in [2.05, 4.69) is 40.7 Å². The maximum absolute atomic E-state index is 5.74. The van der Waals surface area contributed by atoms with Crippen LogP contribution in [-0.4, -0.2) is 19.9 Å². The number of hydrogen-bond acceptors (Lipinski definition) is 6. The molecule has 96 valence electrons. The highest BCUT2D eigenvalue weighted by atomic mass is 32.1. The predicted molar refractivity (Wildman–Crippen MR) is 72.6 cm³/mol. The van der Waals surface area contributed by atoms with Crippen LogP contribution in [0.1, 0.15) is 43.1 Å². The molecule has 0 radical (unpaired) electrons. The molecule has 2 heterocycles. The first-order chi connectivity index (χ1) is 8.34. The second-order valence-electron chi connectivity index (χ2n) is 5.24. The Morgan fingerprint density at radius 3 is 2.44 bits per heavy atom. The SMILES string of the molecule is Cc1csc(Cc2nc(N)nc(C(C)(C)C)n2)n1. The van der Waals surface area contributed by atoms with Crippen LogP contribution in [0.25, 0.3) is 0 Å². The van der Waals surface area contributed by atoms with Crippen LogP contribution in [0.3, 0.4) is 0 Å². The lowest BCUT2D eigenvalue weighted by molar-refractivity contribution is 0.538. The number of nitrogens with two attached hydrogens (primary N) is 1. The van der Waals surface area contributed by atoms with E-state index < -0.39 is 0 Å². The van der Waals surface area contributed by atoms with Crippen molar-refractivity contribution in [1.82, 2.24) is 19.9 Å². The summed E-state index contributed by atoms with van der Waals surface area (Å²) in [6, 6.07) is 0. The van der Waals surface area contributed by atoms with Gasteiger partial charge in [-0.2, -0.15) is 9.97 Å². The summed E-state index contributed by atoms with van der Waals surface area (Å²) in [6.07, 6.45) is 0.605. The Balaban J connectivity index is 2.31. The summed E-state index contributed by atoms with van der Waals surface area (Å²) < 4.78 is 0. The number of rotatable bonds is 2. The summed E-state index contributed by atoms with van der Waals surface area (Å²) in [5.74, 6) is 1.68. The zero-order valence-corrected chi connectivity index (χ0v) is 11.9. The minimum atomic E-state index is -0.134. The molecule has 2 aromatic heterocycles. The van der Waals surface area contributed by atoms with Gasteiger partial charge < -0.3 is 5.73 Å². The Bertz CT molecular complexity index is 556. The number of hydrogen-bond donors (Lipinski definition) is 1. The van der Waals surface area contributed by atoms with Gasteiger partial charge in [-0.05, 0) is 6.92 Å². The number of aryl methyl sites for hydroxylation is 1. The van der Waals surface area contributed by atoms with E-state index in [1.54, 1.807) is 11.3 Å². The van der Waals surface area contributed by atoms with Crippen molar-refractivity contribution in [3.8, 4) is 0 Å². The van der Waals surface area contributed by atoms with Crippen LogP contribution in [0, 0.1) is 6.92 Å². The van der Waals surface area contributed by atoms with E-state index in [0.717, 1.165) is 16.5 Å². The van der Waals surface area contributed by atoms with Gasteiger partial charge in [-0.1, -0.05) is 20.8 Å². The molecule has 0 spiro atoms. The van der Waals surface area contributed by atoms with Crippen LogP contribution < -0.4 is 5.73 Å². The van der Waals surface area contributed by atoms with Gasteiger partial charge in [0.25, 0.3) is 0 Å². The van der Waals surface area contributed by atoms with Crippen molar-refractivity contribution in [2.24, 2.45) is 0 Å². The first kappa shape index (κ1) is 12.9. The molecule has 0 saturated carbocycles. The fraction of sp³-hybridized carbons (Fsp3) is 0.500. The van der Waals surface area contributed by atoms with Gasteiger partial charge >= 0.3 is 0 Å². The Kier molecular flexibility index (Phi) is 3.30. The predicted octanol–water partition coefficient (Wildman–Crippen LogP) is 2.11. The fourth-order valence-electron chi connectivity index (χ4n) is 1.47. The summed E-state index contributed by atoms with van der Waals surface area (Å²) in [6.45, 7) is 8.14. The van der Waals surface area contributed by atoms with Crippen molar-refractivity contribution in [1.29, 1.82) is 0 Å². The third-order valence-electron chi connectivity index (χ3n) is 2.35. The third-order valence-corrected chi connectivity index (χ3v) is 3.31. The lowest BCUT2D eigenvalue weighted by Gasteiger charge is -2.16. The number of anilines is 1. The minimum Gasteiger partial charge on any atom is -0.368 e. The first-order valence-electron chi connectivity index (χ1n) is 5.76. The maximum Gasteiger partial charge on any atom is 0.223 e. The smallest absolute Gasteiger partial charge is 0.223 e.